The van der Waals surface area contributed by atoms with E-state index in [9.17, 15) is 4.79 Å². The summed E-state index contributed by atoms with van der Waals surface area (Å²) in [6.45, 7) is 6.28. The van der Waals surface area contributed by atoms with Gasteiger partial charge in [0.1, 0.15) is 5.75 Å². The summed E-state index contributed by atoms with van der Waals surface area (Å²) in [6, 6.07) is 15.2. The number of aryl methyl sites for hydroxylation is 1. The highest BCUT2D eigenvalue weighted by molar-refractivity contribution is 6.03. The first-order valence-corrected chi connectivity index (χ1v) is 11.6. The Kier molecular flexibility index (Phi) is 6.93. The van der Waals surface area contributed by atoms with Crippen molar-refractivity contribution < 1.29 is 9.53 Å². The van der Waals surface area contributed by atoms with Gasteiger partial charge in [-0.15, -0.1) is 0 Å². The third-order valence-corrected chi connectivity index (χ3v) is 6.39. The zero-order chi connectivity index (χ0) is 21.8. The lowest BCUT2D eigenvalue weighted by molar-refractivity contribution is -0.118. The second kappa shape index (κ2) is 9.84. The number of amides is 1. The zero-order valence-electron chi connectivity index (χ0n) is 19.1. The molecule has 31 heavy (non-hydrogen) atoms. The predicted octanol–water partition coefficient (Wildman–Crippen LogP) is 4.61. The Balaban J connectivity index is 1.40. The van der Waals surface area contributed by atoms with E-state index in [-0.39, 0.29) is 5.91 Å². The van der Waals surface area contributed by atoms with E-state index in [1.165, 1.54) is 30.5 Å². The zero-order valence-corrected chi connectivity index (χ0v) is 19.1. The van der Waals surface area contributed by atoms with E-state index in [1.807, 2.05) is 17.0 Å². The van der Waals surface area contributed by atoms with E-state index in [4.69, 9.17) is 4.74 Å². The van der Waals surface area contributed by atoms with Crippen molar-refractivity contribution in [2.24, 2.45) is 0 Å². The third-order valence-electron chi connectivity index (χ3n) is 6.39. The average Bonchev–Trinajstić information content (AvgIpc) is 3.16. The number of anilines is 2. The van der Waals surface area contributed by atoms with Crippen molar-refractivity contribution in [1.29, 1.82) is 0 Å². The van der Waals surface area contributed by atoms with E-state index < -0.39 is 0 Å². The number of nitrogens with zero attached hydrogens (tertiary/aromatic N) is 3. The number of fused-ring (bicyclic) bond motifs is 1. The summed E-state index contributed by atoms with van der Waals surface area (Å²) < 4.78 is 6.05. The van der Waals surface area contributed by atoms with Gasteiger partial charge in [0, 0.05) is 31.2 Å². The van der Waals surface area contributed by atoms with Gasteiger partial charge < -0.3 is 14.5 Å². The van der Waals surface area contributed by atoms with Gasteiger partial charge in [-0.3, -0.25) is 9.69 Å². The molecule has 2 heterocycles. The van der Waals surface area contributed by atoms with Crippen LogP contribution in [-0.2, 0) is 17.8 Å². The van der Waals surface area contributed by atoms with E-state index in [0.717, 1.165) is 49.7 Å². The lowest BCUT2D eigenvalue weighted by atomic mass is 9.99. The average molecular weight is 422 g/mol. The van der Waals surface area contributed by atoms with Crippen LogP contribution >= 0.6 is 0 Å². The van der Waals surface area contributed by atoms with E-state index in [2.05, 4.69) is 61.2 Å². The molecule has 4 rings (SSSR count). The van der Waals surface area contributed by atoms with Crippen molar-refractivity contribution in [3.8, 4) is 5.75 Å². The largest absolute Gasteiger partial charge is 0.494 e. The van der Waals surface area contributed by atoms with Gasteiger partial charge in [0.05, 0.1) is 12.3 Å². The second-order valence-corrected chi connectivity index (χ2v) is 9.15. The summed E-state index contributed by atoms with van der Waals surface area (Å²) in [5.41, 5.74) is 4.34. The van der Waals surface area contributed by atoms with Crippen LogP contribution < -0.4 is 9.64 Å². The summed E-state index contributed by atoms with van der Waals surface area (Å²) in [6.07, 6.45) is 4.99. The van der Waals surface area contributed by atoms with Crippen LogP contribution in [0.15, 0.2) is 42.5 Å². The quantitative estimate of drug-likeness (QED) is 0.583. The molecule has 0 unspecified atom stereocenters. The molecule has 0 spiro atoms. The third kappa shape index (κ3) is 5.28. The number of likely N-dealkylation sites (tertiary alicyclic amines) is 1. The number of hydrogen-bond donors (Lipinski definition) is 0. The molecule has 0 aliphatic carbocycles. The molecule has 1 atom stereocenters. The van der Waals surface area contributed by atoms with E-state index >= 15 is 0 Å². The molecule has 5 nitrogen and oxygen atoms in total. The molecule has 0 N–H and O–H groups in total. The fourth-order valence-corrected chi connectivity index (χ4v) is 4.74. The van der Waals surface area contributed by atoms with Gasteiger partial charge in [-0.2, -0.15) is 0 Å². The number of ether oxygens (including phenoxy) is 1. The molecule has 2 aliphatic rings. The Morgan fingerprint density at radius 1 is 1.10 bits per heavy atom. The highest BCUT2D eigenvalue weighted by atomic mass is 16.5. The summed E-state index contributed by atoms with van der Waals surface area (Å²) >= 11 is 0. The maximum atomic E-state index is 12.8. The Labute approximate surface area is 186 Å². The number of carbonyl (C=O) groups excluding carboxylic acids is 1. The number of carbonyl (C=O) groups is 1. The summed E-state index contributed by atoms with van der Waals surface area (Å²) in [7, 11) is 4.12. The first-order valence-electron chi connectivity index (χ1n) is 11.6. The monoisotopic (exact) mass is 421 g/mol. The van der Waals surface area contributed by atoms with Crippen LogP contribution in [0.4, 0.5) is 11.4 Å². The second-order valence-electron chi connectivity index (χ2n) is 9.15. The van der Waals surface area contributed by atoms with Gasteiger partial charge in [0.15, 0.2) is 0 Å². The predicted molar refractivity (Wildman–Crippen MR) is 126 cm³/mol. The van der Waals surface area contributed by atoms with Gasteiger partial charge in [0.2, 0.25) is 5.91 Å². The van der Waals surface area contributed by atoms with Crippen molar-refractivity contribution in [2.45, 2.75) is 51.6 Å². The Hall–Kier alpha value is -2.37. The van der Waals surface area contributed by atoms with Crippen LogP contribution in [0.5, 0.6) is 5.75 Å². The molecule has 0 radical (unpaired) electrons. The summed E-state index contributed by atoms with van der Waals surface area (Å²) in [5, 5.41) is 0. The molecular weight excluding hydrogens is 386 g/mol. The first kappa shape index (κ1) is 21.8. The van der Waals surface area contributed by atoms with Gasteiger partial charge in [-0.25, -0.2) is 0 Å². The topological polar surface area (TPSA) is 36.0 Å². The van der Waals surface area contributed by atoms with Crippen LogP contribution in [0.1, 0.15) is 43.7 Å². The van der Waals surface area contributed by atoms with Crippen molar-refractivity contribution in [1.82, 2.24) is 9.80 Å². The van der Waals surface area contributed by atoms with E-state index in [1.54, 1.807) is 0 Å². The van der Waals surface area contributed by atoms with Gasteiger partial charge in [-0.1, -0.05) is 12.1 Å². The summed E-state index contributed by atoms with van der Waals surface area (Å²) in [4.78, 5) is 19.3. The van der Waals surface area contributed by atoms with Crippen LogP contribution in [0.3, 0.4) is 0 Å². The maximum absolute atomic E-state index is 12.8. The van der Waals surface area contributed by atoms with Crippen LogP contribution in [0, 0.1) is 0 Å². The first-order chi connectivity index (χ1) is 15.0. The molecule has 0 aromatic heterocycles. The Morgan fingerprint density at radius 3 is 2.61 bits per heavy atom. The minimum Gasteiger partial charge on any atom is -0.494 e. The van der Waals surface area contributed by atoms with Crippen molar-refractivity contribution in [2.75, 3.05) is 38.7 Å². The molecule has 2 aromatic rings. The molecule has 2 aliphatic heterocycles. The van der Waals surface area contributed by atoms with Gasteiger partial charge >= 0.3 is 0 Å². The van der Waals surface area contributed by atoms with E-state index in [0.29, 0.717) is 12.5 Å². The molecule has 1 fully saturated rings. The minimum atomic E-state index is 0.154. The lowest BCUT2D eigenvalue weighted by Crippen LogP contribution is -2.30. The van der Waals surface area contributed by atoms with Crippen molar-refractivity contribution in [3.63, 3.8) is 0 Å². The van der Waals surface area contributed by atoms with Crippen LogP contribution in [0.25, 0.3) is 0 Å². The minimum absolute atomic E-state index is 0.154. The molecule has 166 valence electrons. The SMILES string of the molecule is C[C@@H]1CCCN1CCCOc1ccc2c(c1)CCC(=O)N2c1ccc(CN(C)C)cc1. The fraction of sp³-hybridized carbons (Fsp3) is 0.500. The van der Waals surface area contributed by atoms with Crippen LogP contribution in [-0.4, -0.2) is 55.5 Å². The molecule has 5 heteroatoms. The molecule has 0 bridgehead atoms. The van der Waals surface area contributed by atoms with Crippen LogP contribution in [0.2, 0.25) is 0 Å². The maximum Gasteiger partial charge on any atom is 0.231 e. The van der Waals surface area contributed by atoms with Gasteiger partial charge in [-0.05, 0) is 94.7 Å². The normalized spacial score (nSPS) is 19.2. The van der Waals surface area contributed by atoms with Gasteiger partial charge in [0.25, 0.3) is 0 Å². The number of rotatable bonds is 8. The molecule has 0 saturated carbocycles. The number of benzene rings is 2. The Morgan fingerprint density at radius 2 is 1.90 bits per heavy atom. The highest BCUT2D eigenvalue weighted by Gasteiger charge is 2.26. The standard InChI is InChI=1S/C26H35N3O2/c1-20-6-4-15-28(20)16-5-17-31-24-12-13-25-22(18-24)9-14-26(30)29(25)23-10-7-21(8-11-23)19-27(2)3/h7-8,10-13,18,20H,4-6,9,14-17,19H2,1-3H3/t20-/m1/s1. The molecule has 1 saturated heterocycles. The smallest absolute Gasteiger partial charge is 0.231 e. The Bertz CT molecular complexity index is 894. The summed E-state index contributed by atoms with van der Waals surface area (Å²) in [5.74, 6) is 1.06. The number of hydrogen-bond acceptors (Lipinski definition) is 4. The highest BCUT2D eigenvalue weighted by Crippen LogP contribution is 2.36. The fourth-order valence-electron chi connectivity index (χ4n) is 4.74. The lowest BCUT2D eigenvalue weighted by Gasteiger charge is -2.30. The molecular formula is C26H35N3O2. The van der Waals surface area contributed by atoms with Crippen molar-refractivity contribution >= 4 is 17.3 Å². The molecule has 1 amide bonds. The van der Waals surface area contributed by atoms with Crippen molar-refractivity contribution in [3.05, 3.63) is 53.6 Å². The molecule has 2 aromatic carbocycles.